The molecule has 18 heavy (non-hydrogen) atoms. The Bertz CT molecular complexity index is 357. The molecule has 0 N–H and O–H groups in total. The Labute approximate surface area is 119 Å². The largest absolute Gasteiger partial charge is 0.299 e. The van der Waals surface area contributed by atoms with Gasteiger partial charge in [0.15, 0.2) is 0 Å². The Morgan fingerprint density at radius 1 is 1.28 bits per heavy atom. The van der Waals surface area contributed by atoms with E-state index in [1.165, 1.54) is 5.57 Å². The van der Waals surface area contributed by atoms with Crippen LogP contribution in [0, 0.1) is 11.8 Å². The van der Waals surface area contributed by atoms with E-state index >= 15 is 0 Å². The summed E-state index contributed by atoms with van der Waals surface area (Å²) in [5.41, 5.74) is 1.40. The highest BCUT2D eigenvalue weighted by atomic mass is 79.9. The normalized spacial score (nSPS) is 25.9. The first kappa shape index (κ1) is 15.4. The van der Waals surface area contributed by atoms with Gasteiger partial charge >= 0.3 is 0 Å². The lowest BCUT2D eigenvalue weighted by Gasteiger charge is -2.28. The summed E-state index contributed by atoms with van der Waals surface area (Å²) in [5.74, 6) is 1.41. The van der Waals surface area contributed by atoms with Crippen molar-refractivity contribution in [3.05, 3.63) is 34.9 Å². The molecule has 1 aliphatic carbocycles. The van der Waals surface area contributed by atoms with E-state index in [1.807, 2.05) is 13.0 Å². The van der Waals surface area contributed by atoms with Gasteiger partial charge in [0.25, 0.3) is 0 Å². The second kappa shape index (κ2) is 7.73. The van der Waals surface area contributed by atoms with Gasteiger partial charge in [-0.3, -0.25) is 4.79 Å². The zero-order valence-electron chi connectivity index (χ0n) is 11.4. The van der Waals surface area contributed by atoms with Gasteiger partial charge in [-0.05, 0) is 50.7 Å². The molecule has 0 aromatic carbocycles. The third-order valence-electron chi connectivity index (χ3n) is 3.82. The van der Waals surface area contributed by atoms with Crippen LogP contribution < -0.4 is 0 Å². The second-order valence-corrected chi connectivity index (χ2v) is 5.96. The summed E-state index contributed by atoms with van der Waals surface area (Å²) in [6.07, 6.45) is 11.0. The van der Waals surface area contributed by atoms with Gasteiger partial charge in [-0.2, -0.15) is 0 Å². The van der Waals surface area contributed by atoms with Crippen LogP contribution in [0.3, 0.4) is 0 Å². The fourth-order valence-electron chi connectivity index (χ4n) is 2.66. The minimum absolute atomic E-state index is 0.325. The summed E-state index contributed by atoms with van der Waals surface area (Å²) in [5, 5.41) is 0. The SMILES string of the molecule is C=C/C=C(Br)\C=C(/C)C1CCC(C(=O)CC)CC1. The zero-order valence-corrected chi connectivity index (χ0v) is 13.0. The van der Waals surface area contributed by atoms with Crippen molar-refractivity contribution in [3.63, 3.8) is 0 Å². The summed E-state index contributed by atoms with van der Waals surface area (Å²) >= 11 is 3.51. The highest BCUT2D eigenvalue weighted by Gasteiger charge is 2.25. The first-order valence-corrected chi connectivity index (χ1v) is 7.56. The zero-order chi connectivity index (χ0) is 13.5. The highest BCUT2D eigenvalue weighted by Crippen LogP contribution is 2.34. The summed E-state index contributed by atoms with van der Waals surface area (Å²) in [6.45, 7) is 7.84. The number of halogens is 1. The van der Waals surface area contributed by atoms with Crippen molar-refractivity contribution in [2.75, 3.05) is 0 Å². The maximum absolute atomic E-state index is 11.7. The van der Waals surface area contributed by atoms with Crippen molar-refractivity contribution in [3.8, 4) is 0 Å². The fourth-order valence-corrected chi connectivity index (χ4v) is 3.20. The molecule has 0 heterocycles. The predicted molar refractivity (Wildman–Crippen MR) is 81.7 cm³/mol. The van der Waals surface area contributed by atoms with Crippen LogP contribution >= 0.6 is 15.9 Å². The van der Waals surface area contributed by atoms with Crippen LogP contribution in [0.15, 0.2) is 34.9 Å². The van der Waals surface area contributed by atoms with E-state index in [2.05, 4.69) is 35.5 Å². The Morgan fingerprint density at radius 2 is 1.83 bits per heavy atom. The molecule has 0 spiro atoms. The maximum atomic E-state index is 11.7. The van der Waals surface area contributed by atoms with Gasteiger partial charge in [0.2, 0.25) is 0 Å². The van der Waals surface area contributed by atoms with Gasteiger partial charge in [-0.15, -0.1) is 0 Å². The molecule has 1 saturated carbocycles. The molecule has 1 fully saturated rings. The van der Waals surface area contributed by atoms with E-state index in [1.54, 1.807) is 6.08 Å². The van der Waals surface area contributed by atoms with Gasteiger partial charge in [0.05, 0.1) is 0 Å². The summed E-state index contributed by atoms with van der Waals surface area (Å²) in [7, 11) is 0. The molecule has 100 valence electrons. The van der Waals surface area contributed by atoms with Gasteiger partial charge in [-0.25, -0.2) is 0 Å². The summed E-state index contributed by atoms with van der Waals surface area (Å²) < 4.78 is 1.07. The number of allylic oxidation sites excluding steroid dienone is 5. The maximum Gasteiger partial charge on any atom is 0.135 e. The van der Waals surface area contributed by atoms with Crippen LogP contribution in [0.25, 0.3) is 0 Å². The number of carbonyl (C=O) groups is 1. The number of hydrogen-bond acceptors (Lipinski definition) is 1. The quantitative estimate of drug-likeness (QED) is 0.639. The number of rotatable bonds is 5. The fraction of sp³-hybridized carbons (Fsp3) is 0.562. The molecule has 0 aliphatic heterocycles. The minimum atomic E-state index is 0.325. The van der Waals surface area contributed by atoms with Crippen molar-refractivity contribution >= 4 is 21.7 Å². The van der Waals surface area contributed by atoms with Gasteiger partial charge < -0.3 is 0 Å². The molecular weight excluding hydrogens is 288 g/mol. The number of hydrogen-bond donors (Lipinski definition) is 0. The minimum Gasteiger partial charge on any atom is -0.299 e. The van der Waals surface area contributed by atoms with E-state index in [0.717, 1.165) is 30.2 Å². The lowest BCUT2D eigenvalue weighted by atomic mass is 9.77. The monoisotopic (exact) mass is 310 g/mol. The average molecular weight is 311 g/mol. The topological polar surface area (TPSA) is 17.1 Å². The van der Waals surface area contributed by atoms with Crippen molar-refractivity contribution in [2.45, 2.75) is 46.0 Å². The highest BCUT2D eigenvalue weighted by molar-refractivity contribution is 9.11. The van der Waals surface area contributed by atoms with Crippen LogP contribution in [-0.2, 0) is 4.79 Å². The van der Waals surface area contributed by atoms with Crippen LogP contribution in [-0.4, -0.2) is 5.78 Å². The lowest BCUT2D eigenvalue weighted by Crippen LogP contribution is -2.21. The molecule has 1 aliphatic rings. The molecule has 1 nitrogen and oxygen atoms in total. The van der Waals surface area contributed by atoms with Crippen LogP contribution in [0.4, 0.5) is 0 Å². The number of carbonyl (C=O) groups excluding carboxylic acids is 1. The van der Waals surface area contributed by atoms with Crippen molar-refractivity contribution in [2.24, 2.45) is 11.8 Å². The molecule has 2 heteroatoms. The molecule has 0 radical (unpaired) electrons. The molecule has 0 saturated heterocycles. The third-order valence-corrected chi connectivity index (χ3v) is 4.31. The summed E-state index contributed by atoms with van der Waals surface area (Å²) in [6, 6.07) is 0. The van der Waals surface area contributed by atoms with Gasteiger partial charge in [0.1, 0.15) is 5.78 Å². The smallest absolute Gasteiger partial charge is 0.135 e. The Kier molecular flexibility index (Phi) is 6.62. The van der Waals surface area contributed by atoms with Crippen molar-refractivity contribution in [1.82, 2.24) is 0 Å². The predicted octanol–water partition coefficient (Wildman–Crippen LogP) is 5.18. The molecule has 0 bridgehead atoms. The van der Waals surface area contributed by atoms with E-state index < -0.39 is 0 Å². The first-order valence-electron chi connectivity index (χ1n) is 6.77. The third kappa shape index (κ3) is 4.56. The van der Waals surface area contributed by atoms with Crippen LogP contribution in [0.1, 0.15) is 46.0 Å². The Hall–Kier alpha value is -0.630. The van der Waals surface area contributed by atoms with E-state index in [0.29, 0.717) is 24.0 Å². The number of Topliss-reactive ketones (excluding diaryl/α,β-unsaturated/α-hetero) is 1. The molecule has 0 unspecified atom stereocenters. The number of ketones is 1. The molecule has 0 aromatic rings. The molecule has 0 aromatic heterocycles. The van der Waals surface area contributed by atoms with Gasteiger partial charge in [-0.1, -0.05) is 41.1 Å². The van der Waals surface area contributed by atoms with Crippen LogP contribution in [0.2, 0.25) is 0 Å². The van der Waals surface area contributed by atoms with E-state index in [-0.39, 0.29) is 0 Å². The van der Waals surface area contributed by atoms with Crippen molar-refractivity contribution in [1.29, 1.82) is 0 Å². The Morgan fingerprint density at radius 3 is 2.33 bits per heavy atom. The summed E-state index contributed by atoms with van der Waals surface area (Å²) in [4.78, 5) is 11.7. The lowest BCUT2D eigenvalue weighted by molar-refractivity contribution is -0.123. The Balaban J connectivity index is 2.55. The molecule has 0 atom stereocenters. The van der Waals surface area contributed by atoms with Crippen molar-refractivity contribution < 1.29 is 4.79 Å². The van der Waals surface area contributed by atoms with Gasteiger partial charge in [0, 0.05) is 16.8 Å². The first-order chi connectivity index (χ1) is 8.58. The molecule has 1 rings (SSSR count). The molecular formula is C16H23BrO. The van der Waals surface area contributed by atoms with E-state index in [9.17, 15) is 4.79 Å². The standard InChI is InChI=1S/C16H23BrO/c1-4-6-15(17)11-12(3)13-7-9-14(10-8-13)16(18)5-2/h4,6,11,13-14H,1,5,7-10H2,2-3H3/b12-11+,15-6+. The van der Waals surface area contributed by atoms with Crippen LogP contribution in [0.5, 0.6) is 0 Å². The average Bonchev–Trinajstić information content (AvgIpc) is 2.38. The van der Waals surface area contributed by atoms with E-state index in [4.69, 9.17) is 0 Å². The molecule has 0 amide bonds. The second-order valence-electron chi connectivity index (χ2n) is 5.04.